The average Bonchev–Trinajstić information content (AvgIpc) is 3.12. The maximum Gasteiger partial charge on any atom is 0.0648 e. The molecule has 0 spiro atoms. The number of halogens is 1. The van der Waals surface area contributed by atoms with Gasteiger partial charge in [0.25, 0.3) is 0 Å². The maximum absolute atomic E-state index is 5.82. The van der Waals surface area contributed by atoms with E-state index in [0.717, 1.165) is 18.2 Å². The molecule has 0 bridgehead atoms. The third-order valence-electron chi connectivity index (χ3n) is 2.97. The standard InChI is InChI=1S/C13H19ClN2/c1-2-7-16(10-11-3-4-11)13-5-6-15-12(8-13)9-14/h5-6,8,11H,2-4,7,9-10H2,1H3. The predicted molar refractivity (Wildman–Crippen MR) is 69.0 cm³/mol. The second kappa shape index (κ2) is 5.53. The maximum atomic E-state index is 5.82. The molecule has 0 N–H and O–H groups in total. The first-order valence-corrected chi connectivity index (χ1v) is 6.62. The zero-order valence-corrected chi connectivity index (χ0v) is 10.6. The van der Waals surface area contributed by atoms with E-state index in [2.05, 4.69) is 28.9 Å². The van der Waals surface area contributed by atoms with E-state index >= 15 is 0 Å². The molecule has 1 heterocycles. The molecule has 88 valence electrons. The molecule has 1 saturated carbocycles. The molecule has 0 unspecified atom stereocenters. The summed E-state index contributed by atoms with van der Waals surface area (Å²) in [6.45, 7) is 4.55. The molecule has 0 amide bonds. The summed E-state index contributed by atoms with van der Waals surface area (Å²) < 4.78 is 0. The van der Waals surface area contributed by atoms with E-state index in [0.29, 0.717) is 5.88 Å². The van der Waals surface area contributed by atoms with Crippen LogP contribution in [0.2, 0.25) is 0 Å². The predicted octanol–water partition coefficient (Wildman–Crippen LogP) is 3.45. The van der Waals surface area contributed by atoms with Crippen LogP contribution < -0.4 is 4.90 Å². The minimum absolute atomic E-state index is 0.497. The van der Waals surface area contributed by atoms with Gasteiger partial charge >= 0.3 is 0 Å². The summed E-state index contributed by atoms with van der Waals surface area (Å²) >= 11 is 5.82. The number of pyridine rings is 1. The van der Waals surface area contributed by atoms with Gasteiger partial charge in [-0.25, -0.2) is 0 Å². The van der Waals surface area contributed by atoms with Gasteiger partial charge in [-0.05, 0) is 37.3 Å². The van der Waals surface area contributed by atoms with Gasteiger partial charge in [-0.2, -0.15) is 0 Å². The lowest BCUT2D eigenvalue weighted by Crippen LogP contribution is -2.26. The van der Waals surface area contributed by atoms with Crippen molar-refractivity contribution in [1.82, 2.24) is 4.98 Å². The molecule has 0 saturated heterocycles. The zero-order chi connectivity index (χ0) is 11.4. The van der Waals surface area contributed by atoms with Gasteiger partial charge in [-0.3, -0.25) is 4.98 Å². The van der Waals surface area contributed by atoms with Crippen LogP contribution in [0.1, 0.15) is 31.9 Å². The van der Waals surface area contributed by atoms with Gasteiger partial charge in [0.05, 0.1) is 11.6 Å². The van der Waals surface area contributed by atoms with Crippen LogP contribution in [0.4, 0.5) is 5.69 Å². The van der Waals surface area contributed by atoms with Gasteiger partial charge in [0.1, 0.15) is 0 Å². The lowest BCUT2D eigenvalue weighted by Gasteiger charge is -2.24. The largest absolute Gasteiger partial charge is 0.371 e. The molecule has 0 aromatic carbocycles. The number of aromatic nitrogens is 1. The van der Waals surface area contributed by atoms with Crippen LogP contribution in [-0.4, -0.2) is 18.1 Å². The Labute approximate surface area is 103 Å². The van der Waals surface area contributed by atoms with Crippen molar-refractivity contribution < 1.29 is 0 Å². The highest BCUT2D eigenvalue weighted by molar-refractivity contribution is 6.16. The van der Waals surface area contributed by atoms with Crippen LogP contribution in [0, 0.1) is 5.92 Å². The number of anilines is 1. The van der Waals surface area contributed by atoms with Gasteiger partial charge in [0.2, 0.25) is 0 Å². The van der Waals surface area contributed by atoms with E-state index in [9.17, 15) is 0 Å². The first kappa shape index (κ1) is 11.7. The second-order valence-corrected chi connectivity index (χ2v) is 4.80. The monoisotopic (exact) mass is 238 g/mol. The van der Waals surface area contributed by atoms with Crippen molar-refractivity contribution in [3.05, 3.63) is 24.0 Å². The molecule has 0 radical (unpaired) electrons. The summed E-state index contributed by atoms with van der Waals surface area (Å²) in [5.41, 5.74) is 2.25. The number of hydrogen-bond donors (Lipinski definition) is 0. The number of alkyl halides is 1. The fourth-order valence-electron chi connectivity index (χ4n) is 1.94. The summed E-state index contributed by atoms with van der Waals surface area (Å²) in [4.78, 5) is 6.70. The lowest BCUT2D eigenvalue weighted by atomic mass is 10.2. The highest BCUT2D eigenvalue weighted by atomic mass is 35.5. The Balaban J connectivity index is 2.08. The summed E-state index contributed by atoms with van der Waals surface area (Å²) in [6.07, 6.45) is 5.84. The molecule has 3 heteroatoms. The van der Waals surface area contributed by atoms with Crippen LogP contribution in [-0.2, 0) is 5.88 Å². The Kier molecular flexibility index (Phi) is 4.05. The van der Waals surface area contributed by atoms with Crippen LogP contribution in [0.15, 0.2) is 18.3 Å². The second-order valence-electron chi connectivity index (χ2n) is 4.53. The first-order valence-electron chi connectivity index (χ1n) is 6.09. The van der Waals surface area contributed by atoms with E-state index in [-0.39, 0.29) is 0 Å². The molecule has 1 aromatic heterocycles. The van der Waals surface area contributed by atoms with E-state index in [1.165, 1.54) is 31.5 Å². The third-order valence-corrected chi connectivity index (χ3v) is 3.25. The normalized spacial score (nSPS) is 15.1. The average molecular weight is 239 g/mol. The summed E-state index contributed by atoms with van der Waals surface area (Å²) in [5, 5.41) is 0. The van der Waals surface area contributed by atoms with Crippen molar-refractivity contribution >= 4 is 17.3 Å². The number of rotatable bonds is 6. The van der Waals surface area contributed by atoms with Gasteiger partial charge in [0, 0.05) is 25.0 Å². The molecule has 1 aromatic rings. The molecule has 0 aliphatic heterocycles. The van der Waals surface area contributed by atoms with E-state index in [4.69, 9.17) is 11.6 Å². The summed E-state index contributed by atoms with van der Waals surface area (Å²) in [6, 6.07) is 4.21. The van der Waals surface area contributed by atoms with Gasteiger partial charge < -0.3 is 4.90 Å². The third kappa shape index (κ3) is 3.11. The first-order chi connectivity index (χ1) is 7.83. The van der Waals surface area contributed by atoms with E-state index < -0.39 is 0 Å². The lowest BCUT2D eigenvalue weighted by molar-refractivity contribution is 0.707. The minimum atomic E-state index is 0.497. The van der Waals surface area contributed by atoms with Gasteiger partial charge in [-0.15, -0.1) is 11.6 Å². The molecule has 0 atom stereocenters. The number of hydrogen-bond acceptors (Lipinski definition) is 2. The van der Waals surface area contributed by atoms with E-state index in [1.807, 2.05) is 6.20 Å². The minimum Gasteiger partial charge on any atom is -0.371 e. The fourth-order valence-corrected chi connectivity index (χ4v) is 2.09. The molecule has 1 aliphatic rings. The smallest absolute Gasteiger partial charge is 0.0648 e. The van der Waals surface area contributed by atoms with Crippen LogP contribution in [0.25, 0.3) is 0 Å². The van der Waals surface area contributed by atoms with Crippen molar-refractivity contribution in [2.24, 2.45) is 5.92 Å². The van der Waals surface area contributed by atoms with Crippen LogP contribution in [0.5, 0.6) is 0 Å². The quantitative estimate of drug-likeness (QED) is 0.706. The Bertz CT molecular complexity index is 336. The Morgan fingerprint density at radius 2 is 2.31 bits per heavy atom. The summed E-state index contributed by atoms with van der Waals surface area (Å²) in [7, 11) is 0. The Hall–Kier alpha value is -0.760. The van der Waals surface area contributed by atoms with Crippen molar-refractivity contribution in [1.29, 1.82) is 0 Å². The molecular formula is C13H19ClN2. The fraction of sp³-hybridized carbons (Fsp3) is 0.615. The van der Waals surface area contributed by atoms with E-state index in [1.54, 1.807) is 0 Å². The zero-order valence-electron chi connectivity index (χ0n) is 9.82. The van der Waals surface area contributed by atoms with Gasteiger partial charge in [0.15, 0.2) is 0 Å². The highest BCUT2D eigenvalue weighted by Crippen LogP contribution is 2.31. The van der Waals surface area contributed by atoms with Crippen molar-refractivity contribution in [2.45, 2.75) is 32.1 Å². The molecule has 1 aliphatic carbocycles. The molecular weight excluding hydrogens is 220 g/mol. The van der Waals surface area contributed by atoms with Crippen LogP contribution >= 0.6 is 11.6 Å². The van der Waals surface area contributed by atoms with Gasteiger partial charge in [-0.1, -0.05) is 6.92 Å². The highest BCUT2D eigenvalue weighted by Gasteiger charge is 2.24. The van der Waals surface area contributed by atoms with Crippen molar-refractivity contribution in [3.8, 4) is 0 Å². The van der Waals surface area contributed by atoms with Crippen molar-refractivity contribution in [3.63, 3.8) is 0 Å². The SMILES string of the molecule is CCCN(CC1CC1)c1ccnc(CCl)c1. The number of nitrogens with zero attached hydrogens (tertiary/aromatic N) is 2. The molecule has 2 rings (SSSR count). The summed E-state index contributed by atoms with van der Waals surface area (Å²) in [5.74, 6) is 1.41. The Morgan fingerprint density at radius 1 is 1.50 bits per heavy atom. The molecule has 1 fully saturated rings. The Morgan fingerprint density at radius 3 is 2.94 bits per heavy atom. The van der Waals surface area contributed by atoms with Crippen LogP contribution in [0.3, 0.4) is 0 Å². The molecule has 2 nitrogen and oxygen atoms in total. The van der Waals surface area contributed by atoms with Crippen molar-refractivity contribution in [2.75, 3.05) is 18.0 Å². The molecule has 16 heavy (non-hydrogen) atoms. The topological polar surface area (TPSA) is 16.1 Å².